The molecule has 0 radical (unpaired) electrons. The van der Waals surface area contributed by atoms with Gasteiger partial charge >= 0.3 is 0 Å². The van der Waals surface area contributed by atoms with Crippen LogP contribution in [-0.2, 0) is 21.2 Å². The van der Waals surface area contributed by atoms with Crippen LogP contribution in [0.3, 0.4) is 0 Å². The third-order valence-electron chi connectivity index (χ3n) is 3.31. The summed E-state index contributed by atoms with van der Waals surface area (Å²) in [7, 11) is -3.61. The Hall–Kier alpha value is -0.920. The van der Waals surface area contributed by atoms with Crippen molar-refractivity contribution in [1.82, 2.24) is 5.32 Å². The molecule has 7 heteroatoms. The molecule has 0 bridgehead atoms. The predicted octanol–water partition coefficient (Wildman–Crippen LogP) is 1.24. The Morgan fingerprint density at radius 1 is 1.37 bits per heavy atom. The second kappa shape index (κ2) is 6.02. The van der Waals surface area contributed by atoms with E-state index >= 15 is 0 Å². The standard InChI is InChI=1S/C12H18N2O3S2/c13-19(16,17)11-6-5-10(18-11)7-8-14-12(15)9-3-1-2-4-9/h5-6,9H,1-4,7-8H2,(H,14,15)(H2,13,16,17). The average Bonchev–Trinajstić information content (AvgIpc) is 2.99. The molecule has 0 unspecified atom stereocenters. The highest BCUT2D eigenvalue weighted by Gasteiger charge is 2.22. The van der Waals surface area contributed by atoms with Gasteiger partial charge in [-0.25, -0.2) is 13.6 Å². The predicted molar refractivity (Wildman–Crippen MR) is 74.4 cm³/mol. The Kier molecular flexibility index (Phi) is 4.59. The van der Waals surface area contributed by atoms with E-state index in [1.165, 1.54) is 6.07 Å². The molecular formula is C12H18N2O3S2. The van der Waals surface area contributed by atoms with Crippen LogP contribution in [0.2, 0.25) is 0 Å². The molecule has 1 aromatic heterocycles. The summed E-state index contributed by atoms with van der Waals surface area (Å²) < 4.78 is 22.4. The van der Waals surface area contributed by atoms with Crippen LogP contribution >= 0.6 is 11.3 Å². The summed E-state index contributed by atoms with van der Waals surface area (Å²) in [5.41, 5.74) is 0. The summed E-state index contributed by atoms with van der Waals surface area (Å²) in [6.07, 6.45) is 4.89. The highest BCUT2D eigenvalue weighted by Crippen LogP contribution is 2.24. The van der Waals surface area contributed by atoms with Crippen LogP contribution < -0.4 is 10.5 Å². The number of nitrogens with one attached hydrogen (secondary N) is 1. The molecule has 1 aromatic rings. The van der Waals surface area contributed by atoms with Crippen molar-refractivity contribution >= 4 is 27.3 Å². The minimum absolute atomic E-state index is 0.126. The van der Waals surface area contributed by atoms with Crippen molar-refractivity contribution < 1.29 is 13.2 Å². The van der Waals surface area contributed by atoms with Crippen LogP contribution in [-0.4, -0.2) is 20.9 Å². The molecular weight excluding hydrogens is 284 g/mol. The molecule has 1 aliphatic rings. The zero-order valence-corrected chi connectivity index (χ0v) is 12.2. The van der Waals surface area contributed by atoms with Crippen molar-refractivity contribution in [1.29, 1.82) is 0 Å². The normalized spacial score (nSPS) is 16.7. The van der Waals surface area contributed by atoms with E-state index in [4.69, 9.17) is 5.14 Å². The van der Waals surface area contributed by atoms with Crippen LogP contribution in [0, 0.1) is 5.92 Å². The van der Waals surface area contributed by atoms with Gasteiger partial charge in [-0.1, -0.05) is 12.8 Å². The molecule has 0 spiro atoms. The molecule has 0 saturated heterocycles. The smallest absolute Gasteiger partial charge is 0.247 e. The topological polar surface area (TPSA) is 89.3 Å². The lowest BCUT2D eigenvalue weighted by Crippen LogP contribution is -2.30. The van der Waals surface area contributed by atoms with Crippen LogP contribution in [0.25, 0.3) is 0 Å². The molecule has 1 heterocycles. The van der Waals surface area contributed by atoms with Crippen molar-refractivity contribution in [3.05, 3.63) is 17.0 Å². The Balaban J connectivity index is 1.79. The van der Waals surface area contributed by atoms with E-state index in [-0.39, 0.29) is 16.0 Å². The highest BCUT2D eigenvalue weighted by atomic mass is 32.2. The zero-order chi connectivity index (χ0) is 13.9. The van der Waals surface area contributed by atoms with E-state index in [9.17, 15) is 13.2 Å². The Morgan fingerprint density at radius 3 is 2.63 bits per heavy atom. The Labute approximate surface area is 117 Å². The largest absolute Gasteiger partial charge is 0.356 e. The van der Waals surface area contributed by atoms with Gasteiger partial charge in [0.15, 0.2) is 0 Å². The van der Waals surface area contributed by atoms with Gasteiger partial charge in [0.05, 0.1) is 0 Å². The molecule has 0 aromatic carbocycles. The Bertz CT molecular complexity index is 545. The van der Waals surface area contributed by atoms with E-state index in [1.54, 1.807) is 6.07 Å². The third-order valence-corrected chi connectivity index (χ3v) is 5.90. The first-order valence-corrected chi connectivity index (χ1v) is 8.72. The number of hydrogen-bond acceptors (Lipinski definition) is 4. The summed E-state index contributed by atoms with van der Waals surface area (Å²) in [5, 5.41) is 7.95. The number of nitrogens with two attached hydrogens (primary N) is 1. The average molecular weight is 302 g/mol. The monoisotopic (exact) mass is 302 g/mol. The molecule has 0 atom stereocenters. The van der Waals surface area contributed by atoms with E-state index in [1.807, 2.05) is 0 Å². The van der Waals surface area contributed by atoms with Crippen molar-refractivity contribution in [2.75, 3.05) is 6.54 Å². The lowest BCUT2D eigenvalue weighted by Gasteiger charge is -2.09. The minimum Gasteiger partial charge on any atom is -0.356 e. The highest BCUT2D eigenvalue weighted by molar-refractivity contribution is 7.91. The van der Waals surface area contributed by atoms with E-state index in [0.29, 0.717) is 13.0 Å². The number of carbonyl (C=O) groups excluding carboxylic acids is 1. The summed E-state index contributed by atoms with van der Waals surface area (Å²) in [6.45, 7) is 0.542. The Morgan fingerprint density at radius 2 is 2.05 bits per heavy atom. The molecule has 19 heavy (non-hydrogen) atoms. The molecule has 2 rings (SSSR count). The maximum atomic E-state index is 11.8. The van der Waals surface area contributed by atoms with Gasteiger partial charge in [-0.05, 0) is 31.4 Å². The molecule has 1 fully saturated rings. The maximum absolute atomic E-state index is 11.8. The first-order valence-electron chi connectivity index (χ1n) is 6.36. The summed E-state index contributed by atoms with van der Waals surface area (Å²) >= 11 is 1.16. The third kappa shape index (κ3) is 4.02. The van der Waals surface area contributed by atoms with Crippen LogP contribution in [0.15, 0.2) is 16.3 Å². The van der Waals surface area contributed by atoms with E-state index in [2.05, 4.69) is 5.32 Å². The first kappa shape index (κ1) is 14.5. The number of carbonyl (C=O) groups is 1. The van der Waals surface area contributed by atoms with Gasteiger partial charge in [-0.2, -0.15) is 0 Å². The van der Waals surface area contributed by atoms with Crippen molar-refractivity contribution in [3.8, 4) is 0 Å². The number of rotatable bonds is 5. The second-order valence-corrected chi connectivity index (χ2v) is 7.74. The van der Waals surface area contributed by atoms with Gasteiger partial charge < -0.3 is 5.32 Å². The fraction of sp³-hybridized carbons (Fsp3) is 0.583. The van der Waals surface area contributed by atoms with Crippen molar-refractivity contribution in [3.63, 3.8) is 0 Å². The van der Waals surface area contributed by atoms with E-state index < -0.39 is 10.0 Å². The van der Waals surface area contributed by atoms with Crippen molar-refractivity contribution in [2.24, 2.45) is 11.1 Å². The van der Waals surface area contributed by atoms with Crippen LogP contribution in [0.4, 0.5) is 0 Å². The van der Waals surface area contributed by atoms with Gasteiger partial charge in [0, 0.05) is 17.3 Å². The minimum atomic E-state index is -3.61. The first-order chi connectivity index (χ1) is 8.97. The summed E-state index contributed by atoms with van der Waals surface area (Å²) in [6, 6.07) is 3.25. The molecule has 3 N–H and O–H groups in total. The van der Waals surface area contributed by atoms with Crippen molar-refractivity contribution in [2.45, 2.75) is 36.3 Å². The number of sulfonamides is 1. The zero-order valence-electron chi connectivity index (χ0n) is 10.6. The van der Waals surface area contributed by atoms with Gasteiger partial charge in [0.2, 0.25) is 15.9 Å². The summed E-state index contributed by atoms with van der Waals surface area (Å²) in [4.78, 5) is 12.7. The SMILES string of the molecule is NS(=O)(=O)c1ccc(CCNC(=O)C2CCCC2)s1. The molecule has 1 saturated carbocycles. The van der Waals surface area contributed by atoms with Gasteiger partial charge in [-0.15, -0.1) is 11.3 Å². The lowest BCUT2D eigenvalue weighted by molar-refractivity contribution is -0.124. The second-order valence-electron chi connectivity index (χ2n) is 4.79. The number of amides is 1. The number of hydrogen-bond donors (Lipinski definition) is 2. The molecule has 106 valence electrons. The molecule has 5 nitrogen and oxygen atoms in total. The van der Waals surface area contributed by atoms with Gasteiger partial charge in [0.1, 0.15) is 4.21 Å². The van der Waals surface area contributed by atoms with E-state index in [0.717, 1.165) is 41.9 Å². The van der Waals surface area contributed by atoms with Gasteiger partial charge in [0.25, 0.3) is 0 Å². The fourth-order valence-corrected chi connectivity index (χ4v) is 4.06. The molecule has 0 aliphatic heterocycles. The molecule has 1 aliphatic carbocycles. The summed E-state index contributed by atoms with van der Waals surface area (Å²) in [5.74, 6) is 0.295. The molecule has 1 amide bonds. The lowest BCUT2D eigenvalue weighted by atomic mass is 10.1. The fourth-order valence-electron chi connectivity index (χ4n) is 2.29. The van der Waals surface area contributed by atoms with Crippen LogP contribution in [0.5, 0.6) is 0 Å². The van der Waals surface area contributed by atoms with Gasteiger partial charge in [-0.3, -0.25) is 4.79 Å². The number of thiophene rings is 1. The van der Waals surface area contributed by atoms with Crippen LogP contribution in [0.1, 0.15) is 30.6 Å². The maximum Gasteiger partial charge on any atom is 0.247 e. The number of primary sulfonamides is 1. The quantitative estimate of drug-likeness (QED) is 0.857.